The normalized spacial score (nSPS) is 13.5. The Balaban J connectivity index is 1.61. The Morgan fingerprint density at radius 3 is 2.63 bits per heavy atom. The summed E-state index contributed by atoms with van der Waals surface area (Å²) >= 11 is 3.35. The number of thioether (sulfide) groups is 1. The molecule has 0 saturated heterocycles. The van der Waals surface area contributed by atoms with Gasteiger partial charge in [-0.2, -0.15) is 0 Å². The number of aromatic nitrogens is 3. The summed E-state index contributed by atoms with van der Waals surface area (Å²) in [5, 5.41) is 5.69. The van der Waals surface area contributed by atoms with Gasteiger partial charge in [0.2, 0.25) is 0 Å². The van der Waals surface area contributed by atoms with Crippen LogP contribution < -0.4 is 5.32 Å². The minimum Gasteiger partial charge on any atom is -0.368 e. The molecule has 0 amide bonds. The highest BCUT2D eigenvalue weighted by Gasteiger charge is 2.25. The van der Waals surface area contributed by atoms with E-state index in [-0.39, 0.29) is 0 Å². The molecule has 0 bridgehead atoms. The second kappa shape index (κ2) is 8.16. The van der Waals surface area contributed by atoms with E-state index < -0.39 is 0 Å². The molecule has 1 aliphatic rings. The van der Waals surface area contributed by atoms with E-state index in [1.807, 2.05) is 6.26 Å². The summed E-state index contributed by atoms with van der Waals surface area (Å²) < 4.78 is 1.14. The first-order chi connectivity index (χ1) is 14.7. The number of aryl methyl sites for hydroxylation is 1. The number of fused-ring (bicyclic) bond motifs is 5. The van der Waals surface area contributed by atoms with Crippen LogP contribution in [0.2, 0.25) is 0 Å². The zero-order valence-electron chi connectivity index (χ0n) is 17.7. The number of nitrogens with one attached hydrogen (secondary N) is 1. The molecule has 3 aromatic heterocycles. The zero-order valence-corrected chi connectivity index (χ0v) is 19.3. The van der Waals surface area contributed by atoms with Crippen molar-refractivity contribution in [3.8, 4) is 0 Å². The average Bonchev–Trinajstić information content (AvgIpc) is 3.38. The van der Waals surface area contributed by atoms with E-state index in [2.05, 4.69) is 49.5 Å². The summed E-state index contributed by atoms with van der Waals surface area (Å²) in [4.78, 5) is 16.0. The fraction of sp³-hybridized carbons (Fsp3) is 0.375. The number of nitrogens with zero attached hydrogens (tertiary/aromatic N) is 3. The van der Waals surface area contributed by atoms with Crippen LogP contribution in [0.25, 0.3) is 20.4 Å². The third-order valence-electron chi connectivity index (χ3n) is 5.82. The van der Waals surface area contributed by atoms with Gasteiger partial charge in [0.05, 0.1) is 10.2 Å². The topological polar surface area (TPSA) is 50.7 Å². The molecule has 0 spiro atoms. The highest BCUT2D eigenvalue weighted by Crippen LogP contribution is 2.43. The van der Waals surface area contributed by atoms with E-state index in [0.29, 0.717) is 5.92 Å². The molecule has 1 aliphatic carbocycles. The van der Waals surface area contributed by atoms with Gasteiger partial charge in [0, 0.05) is 17.6 Å². The Hall–Kier alpha value is -2.18. The first-order valence-corrected chi connectivity index (χ1v) is 12.7. The second-order valence-electron chi connectivity index (χ2n) is 8.14. The lowest BCUT2D eigenvalue weighted by molar-refractivity contribution is 0.805. The number of rotatable bonds is 6. The first kappa shape index (κ1) is 19.8. The molecule has 3 heterocycles. The van der Waals surface area contributed by atoms with Crippen molar-refractivity contribution in [1.29, 1.82) is 0 Å². The van der Waals surface area contributed by atoms with Crippen LogP contribution in [0, 0.1) is 0 Å². The Morgan fingerprint density at radius 2 is 1.87 bits per heavy atom. The van der Waals surface area contributed by atoms with Crippen molar-refractivity contribution in [3.05, 3.63) is 52.7 Å². The minimum atomic E-state index is 0.447. The molecule has 1 aromatic carbocycles. The summed E-state index contributed by atoms with van der Waals surface area (Å²) in [6.07, 6.45) is 6.51. The van der Waals surface area contributed by atoms with Gasteiger partial charge in [0.25, 0.3) is 0 Å². The molecular formula is C24H26N4S2. The van der Waals surface area contributed by atoms with Gasteiger partial charge in [-0.15, -0.1) is 11.3 Å². The van der Waals surface area contributed by atoms with E-state index in [0.717, 1.165) is 51.8 Å². The quantitative estimate of drug-likeness (QED) is 0.288. The Labute approximate surface area is 185 Å². The van der Waals surface area contributed by atoms with Crippen LogP contribution in [0.15, 0.2) is 35.5 Å². The fourth-order valence-electron chi connectivity index (χ4n) is 4.43. The van der Waals surface area contributed by atoms with E-state index >= 15 is 0 Å². The maximum Gasteiger partial charge on any atom is 0.189 e. The summed E-state index contributed by atoms with van der Waals surface area (Å²) in [6.45, 7) is 5.35. The van der Waals surface area contributed by atoms with Crippen molar-refractivity contribution < 1.29 is 0 Å². The van der Waals surface area contributed by atoms with Gasteiger partial charge in [0.15, 0.2) is 5.16 Å². The third-order valence-corrected chi connectivity index (χ3v) is 7.45. The largest absolute Gasteiger partial charge is 0.368 e. The number of thiophene rings is 1. The molecule has 0 fully saturated rings. The number of hydrogen-bond donors (Lipinski definition) is 1. The summed E-state index contributed by atoms with van der Waals surface area (Å²) in [7, 11) is 0. The number of benzene rings is 1. The number of pyridine rings is 1. The molecule has 0 radical (unpaired) electrons. The molecule has 0 saturated carbocycles. The van der Waals surface area contributed by atoms with Crippen LogP contribution in [0.4, 0.5) is 5.82 Å². The monoisotopic (exact) mass is 434 g/mol. The van der Waals surface area contributed by atoms with E-state index in [4.69, 9.17) is 15.0 Å². The lowest BCUT2D eigenvalue weighted by Crippen LogP contribution is -2.07. The van der Waals surface area contributed by atoms with Gasteiger partial charge in [-0.05, 0) is 54.5 Å². The highest BCUT2D eigenvalue weighted by molar-refractivity contribution is 7.98. The molecule has 0 atom stereocenters. The van der Waals surface area contributed by atoms with Gasteiger partial charge >= 0.3 is 0 Å². The fourth-order valence-corrected chi connectivity index (χ4v) is 5.92. The van der Waals surface area contributed by atoms with Crippen molar-refractivity contribution in [2.24, 2.45) is 0 Å². The lowest BCUT2D eigenvalue weighted by atomic mass is 9.99. The van der Waals surface area contributed by atoms with Gasteiger partial charge in [-0.1, -0.05) is 55.9 Å². The van der Waals surface area contributed by atoms with Gasteiger partial charge in [0.1, 0.15) is 10.6 Å². The Kier molecular flexibility index (Phi) is 5.37. The van der Waals surface area contributed by atoms with Crippen LogP contribution >= 0.6 is 23.1 Å². The van der Waals surface area contributed by atoms with E-state index in [9.17, 15) is 0 Å². The van der Waals surface area contributed by atoms with Crippen molar-refractivity contribution >= 4 is 49.3 Å². The van der Waals surface area contributed by atoms with Crippen LogP contribution in [0.5, 0.6) is 0 Å². The van der Waals surface area contributed by atoms with Crippen LogP contribution in [-0.2, 0) is 19.3 Å². The minimum absolute atomic E-state index is 0.447. The predicted molar refractivity (Wildman–Crippen MR) is 129 cm³/mol. The first-order valence-electron chi connectivity index (χ1n) is 10.6. The van der Waals surface area contributed by atoms with Crippen molar-refractivity contribution in [1.82, 2.24) is 15.0 Å². The third kappa shape index (κ3) is 3.46. The molecule has 0 aliphatic heterocycles. The maximum atomic E-state index is 5.12. The summed E-state index contributed by atoms with van der Waals surface area (Å²) in [5.41, 5.74) is 6.64. The van der Waals surface area contributed by atoms with Gasteiger partial charge < -0.3 is 5.32 Å². The number of anilines is 1. The van der Waals surface area contributed by atoms with Crippen LogP contribution in [0.1, 0.15) is 48.6 Å². The van der Waals surface area contributed by atoms with Crippen molar-refractivity contribution in [2.45, 2.75) is 50.6 Å². The van der Waals surface area contributed by atoms with Gasteiger partial charge in [-0.3, -0.25) is 0 Å². The molecule has 4 aromatic rings. The molecule has 30 heavy (non-hydrogen) atoms. The van der Waals surface area contributed by atoms with Crippen molar-refractivity contribution in [3.63, 3.8) is 0 Å². The maximum absolute atomic E-state index is 5.12. The Bertz CT molecular complexity index is 1210. The molecule has 0 unspecified atom stereocenters. The molecule has 1 N–H and O–H groups in total. The smallest absolute Gasteiger partial charge is 0.189 e. The van der Waals surface area contributed by atoms with Crippen LogP contribution in [0.3, 0.4) is 0 Å². The molecule has 154 valence electrons. The lowest BCUT2D eigenvalue weighted by Gasteiger charge is -2.12. The molecular weight excluding hydrogens is 408 g/mol. The standard InChI is InChI=1S/C24H26N4S2/c1-14(2)19-17-11-7-10-16(17)18-20-21(30-23(18)26-19)22(28-24(27-20)29-3)25-13-12-15-8-5-4-6-9-15/h4-6,8-9,14H,7,10-13H2,1-3H3,(H,25,27,28). The highest BCUT2D eigenvalue weighted by atomic mass is 32.2. The van der Waals surface area contributed by atoms with E-state index in [1.165, 1.54) is 34.2 Å². The molecule has 5 rings (SSSR count). The number of hydrogen-bond acceptors (Lipinski definition) is 6. The molecule has 6 heteroatoms. The summed E-state index contributed by atoms with van der Waals surface area (Å²) in [6, 6.07) is 10.6. The summed E-state index contributed by atoms with van der Waals surface area (Å²) in [5.74, 6) is 1.39. The second-order valence-corrected chi connectivity index (χ2v) is 9.92. The van der Waals surface area contributed by atoms with Gasteiger partial charge in [-0.25, -0.2) is 15.0 Å². The predicted octanol–water partition coefficient (Wildman–Crippen LogP) is 6.23. The zero-order chi connectivity index (χ0) is 20.7. The molecule has 4 nitrogen and oxygen atoms in total. The Morgan fingerprint density at radius 1 is 1.07 bits per heavy atom. The average molecular weight is 435 g/mol. The van der Waals surface area contributed by atoms with E-state index in [1.54, 1.807) is 23.1 Å². The van der Waals surface area contributed by atoms with Crippen LogP contribution in [-0.4, -0.2) is 27.8 Å². The SMILES string of the molecule is CSc1nc(NCCc2ccccc2)c2sc3nc(C(C)C)c4c(c3c2n1)CCC4. The van der Waals surface area contributed by atoms with Crippen molar-refractivity contribution in [2.75, 3.05) is 18.1 Å².